The molecule has 4 heteroatoms. The summed E-state index contributed by atoms with van der Waals surface area (Å²) in [7, 11) is 0. The van der Waals surface area contributed by atoms with Crippen molar-refractivity contribution in [3.63, 3.8) is 0 Å². The lowest BCUT2D eigenvalue weighted by Crippen LogP contribution is -2.02. The Balaban J connectivity index is 1.37. The highest BCUT2D eigenvalue weighted by Gasteiger charge is 2.23. The van der Waals surface area contributed by atoms with E-state index in [4.69, 9.17) is 9.97 Å². The van der Waals surface area contributed by atoms with Gasteiger partial charge < -0.3 is 5.32 Å². The summed E-state index contributed by atoms with van der Waals surface area (Å²) in [5.74, 6) is 0.744. The van der Waals surface area contributed by atoms with Crippen LogP contribution in [0.5, 0.6) is 0 Å². The highest BCUT2D eigenvalue weighted by Crippen LogP contribution is 2.46. The number of hydrogen-bond donors (Lipinski definition) is 1. The fourth-order valence-electron chi connectivity index (χ4n) is 4.82. The number of benzene rings is 5. The Hall–Kier alpha value is -4.15. The summed E-state index contributed by atoms with van der Waals surface area (Å²) in [5, 5.41) is 7.28. The molecule has 1 aromatic heterocycles. The van der Waals surface area contributed by atoms with E-state index in [1.54, 1.807) is 0 Å². The SMILES string of the molecule is c1cc(-c2nc(-c3cccc4ccccc34)c3ccccc3n2)cc(C2Nc3ccccc3S2)c1. The summed E-state index contributed by atoms with van der Waals surface area (Å²) < 4.78 is 0. The molecule has 0 amide bonds. The van der Waals surface area contributed by atoms with Crippen molar-refractivity contribution < 1.29 is 0 Å². The predicted octanol–water partition coefficient (Wildman–Crippen LogP) is 8.33. The van der Waals surface area contributed by atoms with Crippen molar-refractivity contribution in [2.75, 3.05) is 5.32 Å². The first-order valence-electron chi connectivity index (χ1n) is 11.7. The van der Waals surface area contributed by atoms with Crippen LogP contribution in [0, 0.1) is 0 Å². The van der Waals surface area contributed by atoms with Crippen molar-refractivity contribution in [1.29, 1.82) is 0 Å². The number of thioether (sulfide) groups is 1. The van der Waals surface area contributed by atoms with Crippen LogP contribution in [0.3, 0.4) is 0 Å². The Morgan fingerprint density at radius 1 is 0.657 bits per heavy atom. The molecule has 0 radical (unpaired) electrons. The summed E-state index contributed by atoms with van der Waals surface area (Å²) in [5.41, 5.74) is 6.47. The van der Waals surface area contributed by atoms with Crippen LogP contribution in [-0.4, -0.2) is 9.97 Å². The van der Waals surface area contributed by atoms with E-state index in [2.05, 4.69) is 115 Å². The average molecular weight is 468 g/mol. The molecular formula is C31H21N3S. The first-order valence-corrected chi connectivity index (χ1v) is 12.6. The summed E-state index contributed by atoms with van der Waals surface area (Å²) in [6, 6.07) is 40.2. The van der Waals surface area contributed by atoms with Gasteiger partial charge in [-0.15, -0.1) is 0 Å². The summed E-state index contributed by atoms with van der Waals surface area (Å²) in [6.07, 6.45) is 0. The Bertz CT molecular complexity index is 1700. The molecule has 1 atom stereocenters. The third-order valence-corrected chi connectivity index (χ3v) is 7.75. The van der Waals surface area contributed by atoms with E-state index in [-0.39, 0.29) is 5.37 Å². The average Bonchev–Trinajstić information content (AvgIpc) is 3.37. The highest BCUT2D eigenvalue weighted by molar-refractivity contribution is 8.00. The largest absolute Gasteiger partial charge is 0.368 e. The number of anilines is 1. The van der Waals surface area contributed by atoms with Gasteiger partial charge in [-0.25, -0.2) is 9.97 Å². The van der Waals surface area contributed by atoms with E-state index in [1.165, 1.54) is 26.9 Å². The smallest absolute Gasteiger partial charge is 0.160 e. The van der Waals surface area contributed by atoms with Crippen molar-refractivity contribution in [2.45, 2.75) is 10.3 Å². The second kappa shape index (κ2) is 8.26. The molecule has 166 valence electrons. The van der Waals surface area contributed by atoms with Crippen molar-refractivity contribution >= 4 is 39.1 Å². The van der Waals surface area contributed by atoms with Gasteiger partial charge in [0.15, 0.2) is 5.82 Å². The lowest BCUT2D eigenvalue weighted by molar-refractivity contribution is 1.13. The summed E-state index contributed by atoms with van der Waals surface area (Å²) in [6.45, 7) is 0. The molecule has 0 fully saturated rings. The third-order valence-electron chi connectivity index (χ3n) is 6.51. The van der Waals surface area contributed by atoms with E-state index in [1.807, 2.05) is 17.8 Å². The number of nitrogens with zero attached hydrogens (tertiary/aromatic N) is 2. The van der Waals surface area contributed by atoms with Crippen LogP contribution >= 0.6 is 11.8 Å². The molecule has 0 saturated carbocycles. The van der Waals surface area contributed by atoms with Crippen LogP contribution in [0.2, 0.25) is 0 Å². The normalized spacial score (nSPS) is 14.7. The van der Waals surface area contributed by atoms with Gasteiger partial charge in [0.1, 0.15) is 5.37 Å². The zero-order chi connectivity index (χ0) is 23.2. The number of fused-ring (bicyclic) bond motifs is 3. The van der Waals surface area contributed by atoms with Crippen LogP contribution < -0.4 is 5.32 Å². The Kier molecular flexibility index (Phi) is 4.78. The van der Waals surface area contributed by atoms with Gasteiger partial charge in [0.2, 0.25) is 0 Å². The van der Waals surface area contributed by atoms with Crippen molar-refractivity contribution in [3.8, 4) is 22.6 Å². The standard InChI is InChI=1S/C31H21N3S/c1-2-13-23-20(9-1)10-8-15-24(23)29-25-14-3-4-16-26(25)32-30(34-29)21-11-7-12-22(19-21)31-33-27-17-5-6-18-28(27)35-31/h1-19,31,33H. The number of para-hydroxylation sites is 2. The van der Waals surface area contributed by atoms with Gasteiger partial charge in [0.25, 0.3) is 0 Å². The topological polar surface area (TPSA) is 37.8 Å². The lowest BCUT2D eigenvalue weighted by atomic mass is 9.99. The second-order valence-electron chi connectivity index (χ2n) is 8.70. The first kappa shape index (κ1) is 20.2. The fourth-order valence-corrected chi connectivity index (χ4v) is 5.96. The molecule has 1 aliphatic heterocycles. The van der Waals surface area contributed by atoms with Gasteiger partial charge in [0, 0.05) is 27.1 Å². The minimum absolute atomic E-state index is 0.172. The minimum atomic E-state index is 0.172. The van der Waals surface area contributed by atoms with Crippen LogP contribution in [0.4, 0.5) is 5.69 Å². The van der Waals surface area contributed by atoms with Crippen molar-refractivity contribution in [3.05, 3.63) is 121 Å². The van der Waals surface area contributed by atoms with Crippen LogP contribution in [-0.2, 0) is 0 Å². The molecular weight excluding hydrogens is 446 g/mol. The van der Waals surface area contributed by atoms with Gasteiger partial charge in [-0.3, -0.25) is 0 Å². The maximum atomic E-state index is 5.16. The van der Waals surface area contributed by atoms with E-state index < -0.39 is 0 Å². The Morgan fingerprint density at radius 3 is 2.37 bits per heavy atom. The second-order valence-corrected chi connectivity index (χ2v) is 9.85. The van der Waals surface area contributed by atoms with E-state index in [0.717, 1.165) is 33.5 Å². The lowest BCUT2D eigenvalue weighted by Gasteiger charge is -2.14. The maximum absolute atomic E-state index is 5.16. The van der Waals surface area contributed by atoms with E-state index >= 15 is 0 Å². The number of hydrogen-bond acceptors (Lipinski definition) is 4. The first-order chi connectivity index (χ1) is 17.3. The zero-order valence-electron chi connectivity index (χ0n) is 18.8. The molecule has 1 aliphatic rings. The van der Waals surface area contributed by atoms with Gasteiger partial charge in [-0.05, 0) is 40.6 Å². The third kappa shape index (κ3) is 3.54. The number of rotatable bonds is 3. The van der Waals surface area contributed by atoms with Gasteiger partial charge in [0.05, 0.1) is 11.2 Å². The van der Waals surface area contributed by atoms with Gasteiger partial charge >= 0.3 is 0 Å². The van der Waals surface area contributed by atoms with Crippen molar-refractivity contribution in [1.82, 2.24) is 9.97 Å². The quantitative estimate of drug-likeness (QED) is 0.284. The van der Waals surface area contributed by atoms with Crippen LogP contribution in [0.15, 0.2) is 120 Å². The van der Waals surface area contributed by atoms with Crippen LogP contribution in [0.25, 0.3) is 44.3 Å². The van der Waals surface area contributed by atoms with Gasteiger partial charge in [-0.1, -0.05) is 103 Å². The summed E-state index contributed by atoms with van der Waals surface area (Å²) in [4.78, 5) is 11.4. The molecule has 2 heterocycles. The molecule has 3 nitrogen and oxygen atoms in total. The molecule has 0 aliphatic carbocycles. The van der Waals surface area contributed by atoms with Crippen molar-refractivity contribution in [2.24, 2.45) is 0 Å². The molecule has 5 aromatic carbocycles. The molecule has 7 rings (SSSR count). The molecule has 0 spiro atoms. The van der Waals surface area contributed by atoms with Gasteiger partial charge in [-0.2, -0.15) is 0 Å². The summed E-state index contributed by atoms with van der Waals surface area (Å²) >= 11 is 1.85. The molecule has 1 N–H and O–H groups in total. The zero-order valence-corrected chi connectivity index (χ0v) is 19.7. The fraction of sp³-hybridized carbons (Fsp3) is 0.0323. The number of nitrogens with one attached hydrogen (secondary N) is 1. The molecule has 1 unspecified atom stereocenters. The predicted molar refractivity (Wildman–Crippen MR) is 147 cm³/mol. The molecule has 0 bridgehead atoms. The van der Waals surface area contributed by atoms with E-state index in [9.17, 15) is 0 Å². The molecule has 6 aromatic rings. The van der Waals surface area contributed by atoms with Crippen LogP contribution in [0.1, 0.15) is 10.9 Å². The number of aromatic nitrogens is 2. The maximum Gasteiger partial charge on any atom is 0.160 e. The molecule has 35 heavy (non-hydrogen) atoms. The monoisotopic (exact) mass is 467 g/mol. The minimum Gasteiger partial charge on any atom is -0.368 e. The van der Waals surface area contributed by atoms with E-state index in [0.29, 0.717) is 0 Å². The Morgan fingerprint density at radius 2 is 1.43 bits per heavy atom. The highest BCUT2D eigenvalue weighted by atomic mass is 32.2. The molecule has 0 saturated heterocycles. The Labute approximate surface area is 207 Å².